The van der Waals surface area contributed by atoms with Gasteiger partial charge < -0.3 is 14.2 Å². The summed E-state index contributed by atoms with van der Waals surface area (Å²) in [5.41, 5.74) is 0. The van der Waals surface area contributed by atoms with E-state index < -0.39 is 0 Å². The lowest BCUT2D eigenvalue weighted by atomic mass is 9.98. The number of piperidine rings is 1. The monoisotopic (exact) mass is 209 g/mol. The summed E-state index contributed by atoms with van der Waals surface area (Å²) in [5, 5.41) is 3.77. The van der Waals surface area contributed by atoms with Gasteiger partial charge in [-0.25, -0.2) is 0 Å². The highest BCUT2D eigenvalue weighted by Gasteiger charge is 2.23. The molecule has 1 aliphatic rings. The topological polar surface area (TPSA) is 59.2 Å². The zero-order valence-corrected chi connectivity index (χ0v) is 8.85. The molecule has 15 heavy (non-hydrogen) atoms. The number of rotatable bonds is 3. The van der Waals surface area contributed by atoms with Crippen molar-refractivity contribution in [1.29, 1.82) is 0 Å². The quantitative estimate of drug-likeness (QED) is 0.683. The Labute approximate surface area is 88.5 Å². The Kier molecular flexibility index (Phi) is 3.11. The normalized spacial score (nSPS) is 22.9. The maximum atomic E-state index is 10.3. The Morgan fingerprint density at radius 1 is 1.67 bits per heavy atom. The van der Waals surface area contributed by atoms with Crippen LogP contribution in [0.25, 0.3) is 0 Å². The van der Waals surface area contributed by atoms with E-state index in [1.165, 1.54) is 0 Å². The molecule has 1 aromatic rings. The number of carbonyl (C=O) groups excluding carboxylic acids is 1. The predicted octanol–water partition coefficient (Wildman–Crippen LogP) is 0.620. The van der Waals surface area contributed by atoms with Gasteiger partial charge in [-0.2, -0.15) is 4.98 Å². The second-order valence-electron chi connectivity index (χ2n) is 4.02. The minimum absolute atomic E-state index is 0.242. The molecule has 0 spiro atoms. The van der Waals surface area contributed by atoms with Gasteiger partial charge in [-0.3, -0.25) is 0 Å². The van der Waals surface area contributed by atoms with E-state index in [4.69, 9.17) is 4.52 Å². The summed E-state index contributed by atoms with van der Waals surface area (Å²) in [6.45, 7) is 2.09. The van der Waals surface area contributed by atoms with Gasteiger partial charge in [-0.1, -0.05) is 5.16 Å². The number of likely N-dealkylation sites (tertiary alicyclic amines) is 1. The largest absolute Gasteiger partial charge is 0.339 e. The van der Waals surface area contributed by atoms with Crippen LogP contribution in [0.4, 0.5) is 0 Å². The fraction of sp³-hybridized carbons (Fsp3) is 0.700. The molecule has 1 unspecified atom stereocenters. The molecule has 0 aromatic carbocycles. The first-order chi connectivity index (χ1) is 7.29. The van der Waals surface area contributed by atoms with E-state index >= 15 is 0 Å². The first-order valence-corrected chi connectivity index (χ1v) is 5.24. The Hall–Kier alpha value is -1.23. The third-order valence-corrected chi connectivity index (χ3v) is 2.72. The summed E-state index contributed by atoms with van der Waals surface area (Å²) in [6.07, 6.45) is 3.29. The number of aldehydes is 1. The maximum absolute atomic E-state index is 10.3. The molecular weight excluding hydrogens is 194 g/mol. The van der Waals surface area contributed by atoms with Crippen LogP contribution in [0.1, 0.15) is 30.5 Å². The minimum Gasteiger partial charge on any atom is -0.339 e. The molecule has 0 radical (unpaired) electrons. The van der Waals surface area contributed by atoms with Crippen LogP contribution < -0.4 is 0 Å². The lowest BCUT2D eigenvalue weighted by Crippen LogP contribution is -2.30. The van der Waals surface area contributed by atoms with E-state index in [0.717, 1.165) is 32.2 Å². The van der Waals surface area contributed by atoms with Crippen molar-refractivity contribution in [2.75, 3.05) is 20.1 Å². The van der Waals surface area contributed by atoms with E-state index in [1.807, 2.05) is 0 Å². The van der Waals surface area contributed by atoms with Crippen LogP contribution in [0.3, 0.4) is 0 Å². The molecule has 2 rings (SSSR count). The van der Waals surface area contributed by atoms with Crippen molar-refractivity contribution in [3.8, 4) is 0 Å². The molecule has 1 fully saturated rings. The Balaban J connectivity index is 2.04. The summed E-state index contributed by atoms with van der Waals surface area (Å²) in [7, 11) is 2.09. The van der Waals surface area contributed by atoms with E-state index in [-0.39, 0.29) is 6.42 Å². The van der Waals surface area contributed by atoms with Gasteiger partial charge in [-0.15, -0.1) is 0 Å². The fourth-order valence-electron chi connectivity index (χ4n) is 1.96. The highest BCUT2D eigenvalue weighted by Crippen LogP contribution is 2.24. The Morgan fingerprint density at radius 3 is 3.27 bits per heavy atom. The molecule has 1 aromatic heterocycles. The highest BCUT2D eigenvalue weighted by atomic mass is 16.5. The molecular formula is C10H15N3O2. The second kappa shape index (κ2) is 4.53. The van der Waals surface area contributed by atoms with Crippen LogP contribution in [0, 0.1) is 0 Å². The van der Waals surface area contributed by atoms with Gasteiger partial charge in [0.1, 0.15) is 6.29 Å². The van der Waals surface area contributed by atoms with Crippen molar-refractivity contribution in [3.05, 3.63) is 11.7 Å². The lowest BCUT2D eigenvalue weighted by molar-refractivity contribution is -0.107. The van der Waals surface area contributed by atoms with Crippen LogP contribution in [0.15, 0.2) is 4.52 Å². The van der Waals surface area contributed by atoms with Gasteiger partial charge >= 0.3 is 0 Å². The van der Waals surface area contributed by atoms with Crippen LogP contribution in [0.5, 0.6) is 0 Å². The van der Waals surface area contributed by atoms with Crippen LogP contribution in [0.2, 0.25) is 0 Å². The smallest absolute Gasteiger partial charge is 0.231 e. The summed E-state index contributed by atoms with van der Waals surface area (Å²) in [5.74, 6) is 1.50. The summed E-state index contributed by atoms with van der Waals surface area (Å²) in [4.78, 5) is 16.8. The predicted molar refractivity (Wildman–Crippen MR) is 53.5 cm³/mol. The van der Waals surface area contributed by atoms with Crippen molar-refractivity contribution in [3.63, 3.8) is 0 Å². The summed E-state index contributed by atoms with van der Waals surface area (Å²) < 4.78 is 5.16. The van der Waals surface area contributed by atoms with E-state index in [2.05, 4.69) is 22.1 Å². The van der Waals surface area contributed by atoms with Gasteiger partial charge in [0, 0.05) is 6.54 Å². The van der Waals surface area contributed by atoms with Crippen molar-refractivity contribution >= 4 is 6.29 Å². The van der Waals surface area contributed by atoms with E-state index in [0.29, 0.717) is 17.6 Å². The Bertz CT molecular complexity index is 337. The van der Waals surface area contributed by atoms with Crippen LogP contribution in [-0.4, -0.2) is 41.5 Å². The third kappa shape index (κ3) is 2.41. The zero-order chi connectivity index (χ0) is 10.7. The van der Waals surface area contributed by atoms with Gasteiger partial charge in [0.25, 0.3) is 0 Å². The number of hydrogen-bond acceptors (Lipinski definition) is 5. The number of nitrogens with zero attached hydrogens (tertiary/aromatic N) is 3. The maximum Gasteiger partial charge on any atom is 0.231 e. The molecule has 0 saturated carbocycles. The van der Waals surface area contributed by atoms with Crippen molar-refractivity contribution in [2.24, 2.45) is 0 Å². The molecule has 0 N–H and O–H groups in total. The minimum atomic E-state index is 0.242. The molecule has 1 saturated heterocycles. The van der Waals surface area contributed by atoms with Gasteiger partial charge in [-0.05, 0) is 26.4 Å². The molecule has 1 aliphatic heterocycles. The molecule has 5 heteroatoms. The first-order valence-electron chi connectivity index (χ1n) is 5.24. The van der Waals surface area contributed by atoms with Crippen LogP contribution >= 0.6 is 0 Å². The van der Waals surface area contributed by atoms with E-state index in [1.54, 1.807) is 0 Å². The highest BCUT2D eigenvalue weighted by molar-refractivity contribution is 5.52. The molecule has 1 atom stereocenters. The van der Waals surface area contributed by atoms with Crippen molar-refractivity contribution in [1.82, 2.24) is 15.0 Å². The molecule has 0 amide bonds. The average molecular weight is 209 g/mol. The van der Waals surface area contributed by atoms with Gasteiger partial charge in [0.15, 0.2) is 5.82 Å². The van der Waals surface area contributed by atoms with Crippen molar-refractivity contribution < 1.29 is 9.32 Å². The fourth-order valence-corrected chi connectivity index (χ4v) is 1.96. The SMILES string of the molecule is CN1CCCC(c2nc(CC=O)no2)C1. The molecule has 0 aliphatic carbocycles. The van der Waals surface area contributed by atoms with E-state index in [9.17, 15) is 4.79 Å². The molecule has 2 heterocycles. The molecule has 82 valence electrons. The number of aromatic nitrogens is 2. The third-order valence-electron chi connectivity index (χ3n) is 2.72. The molecule has 5 nitrogen and oxygen atoms in total. The van der Waals surface area contributed by atoms with Gasteiger partial charge in [0.2, 0.25) is 5.89 Å². The molecule has 0 bridgehead atoms. The first kappa shape index (κ1) is 10.3. The average Bonchev–Trinajstić information content (AvgIpc) is 2.67. The summed E-state index contributed by atoms with van der Waals surface area (Å²) >= 11 is 0. The van der Waals surface area contributed by atoms with Crippen LogP contribution in [-0.2, 0) is 11.2 Å². The zero-order valence-electron chi connectivity index (χ0n) is 8.85. The van der Waals surface area contributed by atoms with Crippen molar-refractivity contribution in [2.45, 2.75) is 25.2 Å². The standard InChI is InChI=1S/C10H15N3O2/c1-13-5-2-3-8(7-13)10-11-9(4-6-14)12-15-10/h6,8H,2-5,7H2,1H3. The summed E-state index contributed by atoms with van der Waals surface area (Å²) in [6, 6.07) is 0. The number of likely N-dealkylation sites (N-methyl/N-ethyl adjacent to an activating group) is 1. The Morgan fingerprint density at radius 2 is 2.53 bits per heavy atom. The lowest BCUT2D eigenvalue weighted by Gasteiger charge is -2.27. The van der Waals surface area contributed by atoms with Gasteiger partial charge in [0.05, 0.1) is 12.3 Å². The number of hydrogen-bond donors (Lipinski definition) is 0. The second-order valence-corrected chi connectivity index (χ2v) is 4.02. The number of carbonyl (C=O) groups is 1.